The van der Waals surface area contributed by atoms with Crippen LogP contribution < -0.4 is 10.1 Å². The zero-order valence-corrected chi connectivity index (χ0v) is 16.6. The van der Waals surface area contributed by atoms with Crippen LogP contribution in [0.1, 0.15) is 29.6 Å². The van der Waals surface area contributed by atoms with E-state index in [1.807, 2.05) is 29.8 Å². The van der Waals surface area contributed by atoms with E-state index in [2.05, 4.69) is 10.2 Å². The third kappa shape index (κ3) is 3.69. The Morgan fingerprint density at radius 2 is 2.04 bits per heavy atom. The maximum atomic E-state index is 12.8. The van der Waals surface area contributed by atoms with Crippen molar-refractivity contribution in [3.8, 4) is 5.75 Å². The van der Waals surface area contributed by atoms with Gasteiger partial charge in [0.15, 0.2) is 0 Å². The van der Waals surface area contributed by atoms with E-state index in [1.54, 1.807) is 13.3 Å². The van der Waals surface area contributed by atoms with Gasteiger partial charge in [-0.3, -0.25) is 9.59 Å². The van der Waals surface area contributed by atoms with E-state index in [-0.39, 0.29) is 18.4 Å². The number of methoxy groups -OCH3 is 1. The van der Waals surface area contributed by atoms with Gasteiger partial charge in [-0.1, -0.05) is 0 Å². The van der Waals surface area contributed by atoms with E-state index in [0.29, 0.717) is 17.2 Å². The number of carbonyl (C=O) groups is 2. The number of hydrogen-bond donors (Lipinski definition) is 1. The molecule has 2 aliphatic heterocycles. The van der Waals surface area contributed by atoms with Gasteiger partial charge in [-0.15, -0.1) is 12.4 Å². The highest BCUT2D eigenvalue weighted by Crippen LogP contribution is 2.28. The maximum Gasteiger partial charge on any atom is 0.292 e. The van der Waals surface area contributed by atoms with Gasteiger partial charge in [0, 0.05) is 43.3 Å². The molecule has 4 rings (SSSR count). The number of piperidine rings is 2. The van der Waals surface area contributed by atoms with E-state index in [0.717, 1.165) is 43.4 Å². The summed E-state index contributed by atoms with van der Waals surface area (Å²) in [6, 6.07) is 5.68. The van der Waals surface area contributed by atoms with Crippen LogP contribution in [0.2, 0.25) is 0 Å². The van der Waals surface area contributed by atoms with Crippen LogP contribution in [0, 0.1) is 5.92 Å². The van der Waals surface area contributed by atoms with E-state index >= 15 is 0 Å². The first-order valence-electron chi connectivity index (χ1n) is 9.27. The smallest absolute Gasteiger partial charge is 0.292 e. The average molecular weight is 392 g/mol. The number of fused-ring (bicyclic) bond motifs is 3. The van der Waals surface area contributed by atoms with Crippen molar-refractivity contribution in [2.24, 2.45) is 13.0 Å². The summed E-state index contributed by atoms with van der Waals surface area (Å²) in [5.41, 5.74) is 1.34. The summed E-state index contributed by atoms with van der Waals surface area (Å²) in [6.45, 7) is 3.19. The van der Waals surface area contributed by atoms with Gasteiger partial charge in [0.1, 0.15) is 5.75 Å². The third-order valence-electron chi connectivity index (χ3n) is 5.83. The number of ketones is 1. The van der Waals surface area contributed by atoms with Crippen molar-refractivity contribution in [1.82, 2.24) is 14.8 Å². The second kappa shape index (κ2) is 7.90. The van der Waals surface area contributed by atoms with Gasteiger partial charge in [-0.05, 0) is 49.9 Å². The number of Topliss-reactive ketones (excluding diaryl/α,β-unsaturated/α-hetero) is 1. The monoisotopic (exact) mass is 391 g/mol. The lowest BCUT2D eigenvalue weighted by Gasteiger charge is -2.42. The van der Waals surface area contributed by atoms with Crippen molar-refractivity contribution in [2.45, 2.75) is 25.3 Å². The molecule has 0 radical (unpaired) electrons. The molecule has 1 N–H and O–H groups in total. The fourth-order valence-electron chi connectivity index (χ4n) is 4.41. The zero-order valence-electron chi connectivity index (χ0n) is 15.7. The highest BCUT2D eigenvalue weighted by molar-refractivity contribution is 6.45. The lowest BCUT2D eigenvalue weighted by molar-refractivity contribution is -0.118. The first-order valence-corrected chi connectivity index (χ1v) is 9.27. The predicted molar refractivity (Wildman–Crippen MR) is 107 cm³/mol. The molecule has 7 heteroatoms. The molecule has 3 atom stereocenters. The molecule has 2 aliphatic rings. The molecule has 0 aliphatic carbocycles. The normalized spacial score (nSPS) is 24.1. The summed E-state index contributed by atoms with van der Waals surface area (Å²) in [5, 5.41) is 3.77. The van der Waals surface area contributed by atoms with E-state index in [1.165, 1.54) is 6.42 Å². The number of hydrogen-bond acceptors (Lipinski definition) is 4. The molecule has 1 aromatic heterocycles. The number of nitrogens with one attached hydrogen (secondary N) is 1. The summed E-state index contributed by atoms with van der Waals surface area (Å²) >= 11 is 0. The molecule has 3 heterocycles. The van der Waals surface area contributed by atoms with Crippen LogP contribution in [0.4, 0.5) is 0 Å². The fourth-order valence-corrected chi connectivity index (χ4v) is 4.41. The largest absolute Gasteiger partial charge is 0.497 e. The predicted octanol–water partition coefficient (Wildman–Crippen LogP) is 2.39. The lowest BCUT2D eigenvalue weighted by atomic mass is 9.85. The second-order valence-corrected chi connectivity index (χ2v) is 7.44. The zero-order chi connectivity index (χ0) is 18.3. The highest BCUT2D eigenvalue weighted by Gasteiger charge is 2.34. The minimum atomic E-state index is -0.496. The van der Waals surface area contributed by atoms with Crippen LogP contribution >= 0.6 is 12.4 Å². The van der Waals surface area contributed by atoms with Crippen LogP contribution in [-0.4, -0.2) is 53.9 Å². The molecule has 3 unspecified atom stereocenters. The quantitative estimate of drug-likeness (QED) is 0.642. The summed E-state index contributed by atoms with van der Waals surface area (Å²) in [7, 11) is 3.47. The van der Waals surface area contributed by atoms with E-state index in [9.17, 15) is 9.59 Å². The van der Waals surface area contributed by atoms with Gasteiger partial charge < -0.3 is 19.5 Å². The minimum absolute atomic E-state index is 0. The summed E-state index contributed by atoms with van der Waals surface area (Å²) in [5.74, 6) is 0.168. The number of aryl methyl sites for hydroxylation is 1. The average Bonchev–Trinajstić information content (AvgIpc) is 2.99. The molecule has 27 heavy (non-hydrogen) atoms. The Balaban J connectivity index is 0.00000210. The van der Waals surface area contributed by atoms with Crippen molar-refractivity contribution in [3.05, 3.63) is 30.0 Å². The Kier molecular flexibility index (Phi) is 5.77. The molecule has 0 spiro atoms. The summed E-state index contributed by atoms with van der Waals surface area (Å²) in [6.07, 6.45) is 4.96. The SMILES string of the molecule is COc1ccc2c(c1)c(C(=O)C(=O)NC1CCN3CCCC1C3)cn2C.Cl. The Bertz CT molecular complexity index is 864. The van der Waals surface area contributed by atoms with Crippen LogP contribution in [0.15, 0.2) is 24.4 Å². The van der Waals surface area contributed by atoms with Crippen LogP contribution in [0.5, 0.6) is 5.75 Å². The van der Waals surface area contributed by atoms with Gasteiger partial charge in [0.25, 0.3) is 11.7 Å². The van der Waals surface area contributed by atoms with Crippen molar-refractivity contribution >= 4 is 35.0 Å². The van der Waals surface area contributed by atoms with Gasteiger partial charge in [-0.2, -0.15) is 0 Å². The van der Waals surface area contributed by atoms with Gasteiger partial charge in [0.05, 0.1) is 12.7 Å². The van der Waals surface area contributed by atoms with Gasteiger partial charge in [-0.25, -0.2) is 0 Å². The van der Waals surface area contributed by atoms with Crippen molar-refractivity contribution in [1.29, 1.82) is 0 Å². The molecule has 2 saturated heterocycles. The second-order valence-electron chi connectivity index (χ2n) is 7.44. The summed E-state index contributed by atoms with van der Waals surface area (Å²) in [4.78, 5) is 28.0. The van der Waals surface area contributed by atoms with Crippen molar-refractivity contribution in [3.63, 3.8) is 0 Å². The number of nitrogens with zero attached hydrogens (tertiary/aromatic N) is 2. The number of benzene rings is 1. The number of amides is 1. The van der Waals surface area contributed by atoms with E-state index in [4.69, 9.17) is 4.74 Å². The van der Waals surface area contributed by atoms with Crippen molar-refractivity contribution < 1.29 is 14.3 Å². The standard InChI is InChI=1S/C20H25N3O3.ClH/c1-22-12-16(15-10-14(26-2)5-6-18(15)22)19(24)20(25)21-17-7-9-23-8-3-4-13(17)11-23;/h5-6,10,12-13,17H,3-4,7-9,11H2,1-2H3,(H,21,25);1H. The first-order chi connectivity index (χ1) is 12.6. The Hall–Kier alpha value is -2.05. The molecule has 6 nitrogen and oxygen atoms in total. The first kappa shape index (κ1) is 19.7. The number of carbonyl (C=O) groups excluding carboxylic acids is 2. The number of halogens is 1. The molecule has 2 fully saturated rings. The topological polar surface area (TPSA) is 63.6 Å². The van der Waals surface area contributed by atoms with Gasteiger partial charge >= 0.3 is 0 Å². The van der Waals surface area contributed by atoms with Crippen LogP contribution in [-0.2, 0) is 11.8 Å². The molecular formula is C20H26ClN3O3. The molecule has 2 bridgehead atoms. The highest BCUT2D eigenvalue weighted by atomic mass is 35.5. The lowest BCUT2D eigenvalue weighted by Crippen LogP contribution is -2.54. The molecule has 2 aromatic rings. The van der Waals surface area contributed by atoms with Crippen molar-refractivity contribution in [2.75, 3.05) is 26.7 Å². The van der Waals surface area contributed by atoms with E-state index < -0.39 is 11.7 Å². The third-order valence-corrected chi connectivity index (χ3v) is 5.83. The number of rotatable bonds is 4. The Morgan fingerprint density at radius 3 is 2.81 bits per heavy atom. The molecule has 1 aromatic carbocycles. The maximum absolute atomic E-state index is 12.8. The Labute approximate surface area is 165 Å². The summed E-state index contributed by atoms with van der Waals surface area (Å²) < 4.78 is 7.14. The molecule has 1 amide bonds. The van der Waals surface area contributed by atoms with Crippen LogP contribution in [0.25, 0.3) is 10.9 Å². The fraction of sp³-hybridized carbons (Fsp3) is 0.500. The van der Waals surface area contributed by atoms with Crippen LogP contribution in [0.3, 0.4) is 0 Å². The molecule has 146 valence electrons. The molecular weight excluding hydrogens is 366 g/mol. The Morgan fingerprint density at radius 1 is 1.22 bits per heavy atom. The number of aromatic nitrogens is 1. The van der Waals surface area contributed by atoms with Gasteiger partial charge in [0.2, 0.25) is 0 Å². The number of ether oxygens (including phenoxy) is 1. The molecule has 0 saturated carbocycles. The minimum Gasteiger partial charge on any atom is -0.497 e.